The van der Waals surface area contributed by atoms with Crippen molar-refractivity contribution in [2.24, 2.45) is 5.41 Å². The molecule has 8 heteroatoms. The van der Waals surface area contributed by atoms with Crippen molar-refractivity contribution in [3.63, 3.8) is 0 Å². The SMILES string of the molecule is Cc1noc(=O)c2ccc(NC(=O)C(O)(Cc3ccccc3)c3cccc(C4(C)OCC(C)(C)CO4)c3)cc12. The normalized spacial score (nSPS) is 17.9. The highest BCUT2D eigenvalue weighted by Gasteiger charge is 2.42. The second-order valence-electron chi connectivity index (χ2n) is 11.1. The summed E-state index contributed by atoms with van der Waals surface area (Å²) in [5, 5.41) is 19.6. The van der Waals surface area contributed by atoms with Crippen LogP contribution in [0.25, 0.3) is 10.8 Å². The van der Waals surface area contributed by atoms with E-state index in [1.54, 1.807) is 43.3 Å². The smallest absolute Gasteiger partial charge is 0.366 e. The van der Waals surface area contributed by atoms with Crippen LogP contribution < -0.4 is 10.9 Å². The van der Waals surface area contributed by atoms with Crippen LogP contribution in [0, 0.1) is 12.3 Å². The van der Waals surface area contributed by atoms with Crippen LogP contribution in [0.3, 0.4) is 0 Å². The Morgan fingerprint density at radius 3 is 2.41 bits per heavy atom. The maximum absolute atomic E-state index is 13.9. The molecule has 0 aliphatic carbocycles. The number of aliphatic hydroxyl groups is 1. The standard InChI is InChI=1S/C31H32N2O6/c1-20-26-16-24(13-14-25(26)27(34)39-33-20)32-28(35)31(36,17-21-9-6-5-7-10-21)23-12-8-11-22(15-23)30(4)37-18-29(2,3)19-38-30/h5-16,36H,17-19H2,1-4H3,(H,32,35). The highest BCUT2D eigenvalue weighted by molar-refractivity contribution is 6.00. The number of ether oxygens (including phenoxy) is 2. The Bertz CT molecular complexity index is 1570. The third kappa shape index (κ3) is 5.36. The summed E-state index contributed by atoms with van der Waals surface area (Å²) in [6.45, 7) is 8.73. The molecule has 0 spiro atoms. The topological polar surface area (TPSA) is 111 Å². The van der Waals surface area contributed by atoms with Gasteiger partial charge < -0.3 is 24.4 Å². The first-order chi connectivity index (χ1) is 18.5. The van der Waals surface area contributed by atoms with Gasteiger partial charge in [0.1, 0.15) is 0 Å². The lowest BCUT2D eigenvalue weighted by atomic mass is 9.84. The summed E-state index contributed by atoms with van der Waals surface area (Å²) in [6.07, 6.45) is 0.0341. The molecule has 1 aliphatic rings. The monoisotopic (exact) mass is 528 g/mol. The van der Waals surface area contributed by atoms with Crippen LogP contribution in [0.15, 0.2) is 82.1 Å². The van der Waals surface area contributed by atoms with E-state index in [4.69, 9.17) is 14.0 Å². The second kappa shape index (κ2) is 10.0. The fourth-order valence-corrected chi connectivity index (χ4v) is 4.72. The molecule has 0 radical (unpaired) electrons. The van der Waals surface area contributed by atoms with E-state index in [2.05, 4.69) is 24.3 Å². The van der Waals surface area contributed by atoms with Gasteiger partial charge in [0.25, 0.3) is 5.91 Å². The zero-order valence-electron chi connectivity index (χ0n) is 22.5. The molecule has 39 heavy (non-hydrogen) atoms. The van der Waals surface area contributed by atoms with Crippen LogP contribution in [0.2, 0.25) is 0 Å². The molecule has 1 aromatic heterocycles. The molecule has 1 fully saturated rings. The number of anilines is 1. The van der Waals surface area contributed by atoms with Gasteiger partial charge in [-0.2, -0.15) is 0 Å². The fraction of sp³-hybridized carbons (Fsp3) is 0.323. The Morgan fingerprint density at radius 2 is 1.69 bits per heavy atom. The number of carbonyl (C=O) groups excluding carboxylic acids is 1. The lowest BCUT2D eigenvalue weighted by Gasteiger charge is -2.42. The van der Waals surface area contributed by atoms with Gasteiger partial charge in [-0.25, -0.2) is 4.79 Å². The molecule has 2 N–H and O–H groups in total. The first-order valence-corrected chi connectivity index (χ1v) is 12.9. The van der Waals surface area contributed by atoms with Gasteiger partial charge in [0.15, 0.2) is 11.4 Å². The molecular weight excluding hydrogens is 496 g/mol. The summed E-state index contributed by atoms with van der Waals surface area (Å²) < 4.78 is 17.1. The molecule has 0 saturated carbocycles. The van der Waals surface area contributed by atoms with Gasteiger partial charge in [-0.1, -0.05) is 67.5 Å². The third-order valence-corrected chi connectivity index (χ3v) is 7.17. The maximum Gasteiger partial charge on any atom is 0.366 e. The van der Waals surface area contributed by atoms with E-state index in [0.717, 1.165) is 5.56 Å². The number of hydrogen-bond acceptors (Lipinski definition) is 7. The molecule has 1 aliphatic heterocycles. The van der Waals surface area contributed by atoms with Gasteiger partial charge in [0.05, 0.1) is 24.3 Å². The minimum absolute atomic E-state index is 0.0341. The summed E-state index contributed by atoms with van der Waals surface area (Å²) in [5.41, 5.74) is 0.215. The van der Waals surface area contributed by atoms with Gasteiger partial charge in [0.2, 0.25) is 0 Å². The highest BCUT2D eigenvalue weighted by atomic mass is 16.7. The number of aromatic nitrogens is 1. The summed E-state index contributed by atoms with van der Waals surface area (Å²) in [7, 11) is 0. The Labute approximate surface area is 226 Å². The van der Waals surface area contributed by atoms with Crippen molar-refractivity contribution in [2.45, 2.75) is 45.5 Å². The summed E-state index contributed by atoms with van der Waals surface area (Å²) >= 11 is 0. The average Bonchev–Trinajstić information content (AvgIpc) is 2.93. The molecule has 0 bridgehead atoms. The molecular formula is C31H32N2O6. The average molecular weight is 529 g/mol. The highest BCUT2D eigenvalue weighted by Crippen LogP contribution is 2.38. The summed E-state index contributed by atoms with van der Waals surface area (Å²) in [4.78, 5) is 25.9. The first-order valence-electron chi connectivity index (χ1n) is 12.9. The minimum Gasteiger partial charge on any atom is -0.375 e. The van der Waals surface area contributed by atoms with Gasteiger partial charge in [-0.15, -0.1) is 0 Å². The molecule has 1 unspecified atom stereocenters. The van der Waals surface area contributed by atoms with Crippen LogP contribution in [-0.4, -0.2) is 29.4 Å². The largest absolute Gasteiger partial charge is 0.375 e. The van der Waals surface area contributed by atoms with E-state index in [0.29, 0.717) is 46.5 Å². The zero-order chi connectivity index (χ0) is 27.8. The third-order valence-electron chi connectivity index (χ3n) is 7.17. The second-order valence-corrected chi connectivity index (χ2v) is 11.1. The zero-order valence-corrected chi connectivity index (χ0v) is 22.5. The summed E-state index contributed by atoms with van der Waals surface area (Å²) in [6, 6.07) is 21.3. The number of amides is 1. The number of hydrogen-bond donors (Lipinski definition) is 2. The molecule has 202 valence electrons. The van der Waals surface area contributed by atoms with Gasteiger partial charge in [0, 0.05) is 28.5 Å². The van der Waals surface area contributed by atoms with Crippen LogP contribution >= 0.6 is 0 Å². The summed E-state index contributed by atoms with van der Waals surface area (Å²) in [5.74, 6) is -1.63. The van der Waals surface area contributed by atoms with E-state index in [9.17, 15) is 14.7 Å². The Hall–Kier alpha value is -3.85. The molecule has 1 atom stereocenters. The van der Waals surface area contributed by atoms with E-state index < -0.39 is 22.9 Å². The lowest BCUT2D eigenvalue weighted by molar-refractivity contribution is -0.298. The molecule has 8 nitrogen and oxygen atoms in total. The number of benzene rings is 3. The number of nitrogens with one attached hydrogen (secondary N) is 1. The van der Waals surface area contributed by atoms with Crippen molar-refractivity contribution >= 4 is 22.4 Å². The van der Waals surface area contributed by atoms with Gasteiger partial charge in [-0.05, 0) is 49.2 Å². The lowest BCUT2D eigenvalue weighted by Crippen LogP contribution is -2.45. The van der Waals surface area contributed by atoms with E-state index >= 15 is 0 Å². The minimum atomic E-state index is -1.93. The first kappa shape index (κ1) is 26.7. The van der Waals surface area contributed by atoms with Crippen molar-refractivity contribution in [1.82, 2.24) is 5.16 Å². The van der Waals surface area contributed by atoms with E-state index in [1.165, 1.54) is 0 Å². The molecule has 2 heterocycles. The Balaban J connectivity index is 1.52. The molecule has 4 aromatic rings. The van der Waals surface area contributed by atoms with Crippen molar-refractivity contribution in [3.8, 4) is 0 Å². The van der Waals surface area contributed by atoms with Crippen molar-refractivity contribution in [3.05, 3.63) is 106 Å². The predicted molar refractivity (Wildman–Crippen MR) is 147 cm³/mol. The Kier molecular flexibility index (Phi) is 6.88. The van der Waals surface area contributed by atoms with Crippen LogP contribution in [0.5, 0.6) is 0 Å². The Morgan fingerprint density at radius 1 is 0.974 bits per heavy atom. The van der Waals surface area contributed by atoms with Crippen molar-refractivity contribution in [2.75, 3.05) is 18.5 Å². The molecule has 5 rings (SSSR count). The van der Waals surface area contributed by atoms with Gasteiger partial charge in [-0.3, -0.25) is 4.79 Å². The fourth-order valence-electron chi connectivity index (χ4n) is 4.72. The number of aryl methyl sites for hydroxylation is 1. The molecule has 1 amide bonds. The van der Waals surface area contributed by atoms with Crippen LogP contribution in [0.4, 0.5) is 5.69 Å². The van der Waals surface area contributed by atoms with E-state index in [1.807, 2.05) is 43.3 Å². The van der Waals surface area contributed by atoms with Crippen LogP contribution in [0.1, 0.15) is 43.2 Å². The van der Waals surface area contributed by atoms with Gasteiger partial charge >= 0.3 is 5.63 Å². The van der Waals surface area contributed by atoms with E-state index in [-0.39, 0.29) is 11.8 Å². The number of carbonyl (C=O) groups is 1. The molecule has 1 saturated heterocycles. The maximum atomic E-state index is 13.9. The number of rotatable bonds is 6. The van der Waals surface area contributed by atoms with Crippen LogP contribution in [-0.2, 0) is 32.1 Å². The number of nitrogens with zero attached hydrogens (tertiary/aromatic N) is 1. The number of fused-ring (bicyclic) bond motifs is 1. The quantitative estimate of drug-likeness (QED) is 0.369. The van der Waals surface area contributed by atoms with Crippen molar-refractivity contribution in [1.29, 1.82) is 0 Å². The predicted octanol–water partition coefficient (Wildman–Crippen LogP) is 4.81. The van der Waals surface area contributed by atoms with Crippen molar-refractivity contribution < 1.29 is 23.9 Å². The molecule has 3 aromatic carbocycles.